The van der Waals surface area contributed by atoms with Gasteiger partial charge in [-0.15, -0.1) is 4.52 Å². The van der Waals surface area contributed by atoms with Crippen LogP contribution in [-0.4, -0.2) is 34.8 Å². The van der Waals surface area contributed by atoms with Gasteiger partial charge in [-0.2, -0.15) is 4.98 Å². The molecule has 1 fully saturated rings. The summed E-state index contributed by atoms with van der Waals surface area (Å²) in [5.41, 5.74) is 10.1. The molecule has 4 N–H and O–H groups in total. The Bertz CT molecular complexity index is 1120. The molecule has 1 aliphatic carbocycles. The van der Waals surface area contributed by atoms with Gasteiger partial charge in [0, 0.05) is 10.8 Å². The van der Waals surface area contributed by atoms with Gasteiger partial charge < -0.3 is 16.2 Å². The van der Waals surface area contributed by atoms with E-state index in [4.69, 9.17) is 25.3 Å². The summed E-state index contributed by atoms with van der Waals surface area (Å²) in [6.45, 7) is 3.30. The van der Waals surface area contributed by atoms with Crippen molar-refractivity contribution in [3.8, 4) is 5.75 Å². The van der Waals surface area contributed by atoms with Gasteiger partial charge in [-0.3, -0.25) is 9.36 Å². The third-order valence-corrected chi connectivity index (χ3v) is 5.86. The zero-order chi connectivity index (χ0) is 24.2. The molecule has 12 heteroatoms. The average molecular weight is 479 g/mol. The van der Waals surface area contributed by atoms with E-state index in [0.29, 0.717) is 17.7 Å². The highest BCUT2D eigenvalue weighted by molar-refractivity contribution is 7.33. The van der Waals surface area contributed by atoms with Crippen LogP contribution in [0.3, 0.4) is 0 Å². The summed E-state index contributed by atoms with van der Waals surface area (Å²) in [5, 5.41) is 0. The minimum atomic E-state index is -2.52. The molecule has 176 valence electrons. The van der Waals surface area contributed by atoms with E-state index in [1.807, 2.05) is 0 Å². The van der Waals surface area contributed by atoms with Gasteiger partial charge in [-0.25, -0.2) is 13.7 Å². The summed E-state index contributed by atoms with van der Waals surface area (Å²) in [5.74, 6) is -1.73. The predicted molar refractivity (Wildman–Crippen MR) is 119 cm³/mol. The normalized spacial score (nSPS) is 19.9. The van der Waals surface area contributed by atoms with Gasteiger partial charge in [-0.05, 0) is 30.0 Å². The fourth-order valence-electron chi connectivity index (χ4n) is 2.90. The highest BCUT2D eigenvalue weighted by Crippen LogP contribution is 2.54. The molecular formula is C21H25FN4O6P+. The lowest BCUT2D eigenvalue weighted by atomic mass is 10.1. The molecule has 1 aromatic heterocycles. The monoisotopic (exact) mass is 479 g/mol. The van der Waals surface area contributed by atoms with Gasteiger partial charge in [0.25, 0.3) is 0 Å². The maximum atomic E-state index is 13.8. The third kappa shape index (κ3) is 6.22. The Hall–Kier alpha value is -3.14. The van der Waals surface area contributed by atoms with Crippen LogP contribution in [0.1, 0.15) is 20.3 Å². The number of carbonyl (C=O) groups excluding carboxylic acids is 1. The van der Waals surface area contributed by atoms with Crippen molar-refractivity contribution < 1.29 is 27.5 Å². The largest absolute Gasteiger partial charge is 0.750 e. The van der Waals surface area contributed by atoms with E-state index in [0.717, 1.165) is 10.8 Å². The average Bonchev–Trinajstić information content (AvgIpc) is 3.47. The van der Waals surface area contributed by atoms with Crippen LogP contribution in [0.2, 0.25) is 0 Å². The Morgan fingerprint density at radius 3 is 2.70 bits per heavy atom. The van der Waals surface area contributed by atoms with Crippen molar-refractivity contribution in [3.05, 3.63) is 58.4 Å². The number of esters is 1. The molecule has 0 radical (unpaired) electrons. The van der Waals surface area contributed by atoms with E-state index in [-0.39, 0.29) is 19.1 Å². The Kier molecular flexibility index (Phi) is 7.57. The minimum Gasteiger partial charge on any atom is -0.463 e. The van der Waals surface area contributed by atoms with E-state index in [1.54, 1.807) is 44.2 Å². The highest BCUT2D eigenvalue weighted by atomic mass is 31.1. The lowest BCUT2D eigenvalue weighted by molar-refractivity contribution is -0.148. The zero-order valence-electron chi connectivity index (χ0n) is 18.1. The maximum Gasteiger partial charge on any atom is 0.750 e. The van der Waals surface area contributed by atoms with Gasteiger partial charge in [-0.1, -0.05) is 32.0 Å². The van der Waals surface area contributed by atoms with E-state index in [1.165, 1.54) is 6.20 Å². The first kappa shape index (κ1) is 24.5. The van der Waals surface area contributed by atoms with Gasteiger partial charge in [0.1, 0.15) is 19.3 Å². The summed E-state index contributed by atoms with van der Waals surface area (Å²) in [4.78, 5) is 27.7. The van der Waals surface area contributed by atoms with Crippen molar-refractivity contribution in [3.63, 3.8) is 0 Å². The molecule has 3 atom stereocenters. The van der Waals surface area contributed by atoms with Crippen LogP contribution in [0, 0.1) is 17.2 Å². The van der Waals surface area contributed by atoms with Gasteiger partial charge in [0.05, 0.1) is 11.6 Å². The summed E-state index contributed by atoms with van der Waals surface area (Å²) >= 11 is 0. The van der Waals surface area contributed by atoms with Crippen LogP contribution >= 0.6 is 8.25 Å². The molecule has 0 amide bonds. The number of nitrogens with two attached hydrogens (primary N) is 2. The molecule has 1 heterocycles. The number of para-hydroxylation sites is 1. The molecule has 2 aromatic rings. The van der Waals surface area contributed by atoms with Gasteiger partial charge in [0.2, 0.25) is 0 Å². The van der Waals surface area contributed by atoms with Crippen molar-refractivity contribution in [2.75, 3.05) is 18.9 Å². The van der Waals surface area contributed by atoms with Crippen molar-refractivity contribution in [2.24, 2.45) is 17.1 Å². The summed E-state index contributed by atoms with van der Waals surface area (Å²) in [6.07, 6.45) is 2.61. The number of anilines is 1. The zero-order valence-corrected chi connectivity index (χ0v) is 19.0. The molecule has 0 bridgehead atoms. The molecule has 1 aromatic carbocycles. The number of hydrogen-bond donors (Lipinski definition) is 2. The van der Waals surface area contributed by atoms with E-state index < -0.39 is 43.0 Å². The van der Waals surface area contributed by atoms with Crippen molar-refractivity contribution in [2.45, 2.75) is 26.3 Å². The SMILES string of the molecule is CC(C)[C@H](N)C(=O)OC[C@]1(CO[P+](=O)Oc2ccccc2)C/C1=C/n1cc(F)c(N)nc1=O. The van der Waals surface area contributed by atoms with Crippen LogP contribution in [0.25, 0.3) is 6.20 Å². The molecule has 1 saturated carbocycles. The topological polar surface area (TPSA) is 149 Å². The first-order valence-corrected chi connectivity index (χ1v) is 11.2. The number of nitrogens with zero attached hydrogens (tertiary/aromatic N) is 2. The number of aromatic nitrogens is 2. The fraction of sp³-hybridized carbons (Fsp3) is 0.381. The fourth-order valence-corrected chi connectivity index (χ4v) is 3.60. The number of nitrogen functional groups attached to an aromatic ring is 1. The number of benzene rings is 1. The van der Waals surface area contributed by atoms with Gasteiger partial charge in [0.15, 0.2) is 17.4 Å². The van der Waals surface area contributed by atoms with E-state index in [2.05, 4.69) is 4.98 Å². The van der Waals surface area contributed by atoms with E-state index >= 15 is 0 Å². The highest BCUT2D eigenvalue weighted by Gasteiger charge is 2.53. The van der Waals surface area contributed by atoms with Crippen LogP contribution in [0.5, 0.6) is 5.75 Å². The number of rotatable bonds is 10. The van der Waals surface area contributed by atoms with Crippen LogP contribution in [-0.2, 0) is 18.6 Å². The number of carbonyl (C=O) groups is 1. The smallest absolute Gasteiger partial charge is 0.463 e. The predicted octanol–water partition coefficient (Wildman–Crippen LogP) is 2.48. The summed E-state index contributed by atoms with van der Waals surface area (Å²) < 4.78 is 42.9. The van der Waals surface area contributed by atoms with Gasteiger partial charge >= 0.3 is 19.9 Å². The Labute approximate surface area is 190 Å². The minimum absolute atomic E-state index is 0.130. The standard InChI is InChI=1S/C21H24FN4O6P/c1-13(2)17(23)19(27)30-11-21(12-31-33(29)32-15-6-4-3-5-7-15)8-14(21)9-26-10-16(22)18(24)25-20(26)28/h3-7,9-10,13,17H,8,11-12,23H2,1-2H3,(H-,24,25,28)/p+1/b14-9-/t17-,21-/m0/s1. The molecule has 3 rings (SSSR count). The summed E-state index contributed by atoms with van der Waals surface area (Å²) in [6, 6.07) is 7.65. The Morgan fingerprint density at radius 1 is 1.33 bits per heavy atom. The van der Waals surface area contributed by atoms with Crippen molar-refractivity contribution in [1.29, 1.82) is 0 Å². The third-order valence-electron chi connectivity index (χ3n) is 5.16. The quantitative estimate of drug-likeness (QED) is 0.387. The molecule has 0 spiro atoms. The molecular weight excluding hydrogens is 454 g/mol. The first-order valence-electron chi connectivity index (χ1n) is 10.1. The number of ether oxygens (including phenoxy) is 1. The molecule has 0 saturated heterocycles. The Balaban J connectivity index is 1.75. The van der Waals surface area contributed by atoms with E-state index in [9.17, 15) is 18.5 Å². The lowest BCUT2D eigenvalue weighted by Crippen LogP contribution is -2.38. The molecule has 10 nitrogen and oxygen atoms in total. The Morgan fingerprint density at radius 2 is 2.03 bits per heavy atom. The first-order chi connectivity index (χ1) is 15.6. The number of halogens is 1. The number of hydrogen-bond acceptors (Lipinski definition) is 9. The second-order valence-electron chi connectivity index (χ2n) is 8.05. The van der Waals surface area contributed by atoms with Crippen molar-refractivity contribution in [1.82, 2.24) is 9.55 Å². The molecule has 1 aliphatic rings. The van der Waals surface area contributed by atoms with Crippen LogP contribution in [0.15, 0.2) is 46.9 Å². The second-order valence-corrected chi connectivity index (χ2v) is 8.94. The van der Waals surface area contributed by atoms with Crippen LogP contribution in [0.4, 0.5) is 10.2 Å². The van der Waals surface area contributed by atoms with Crippen LogP contribution < -0.4 is 21.7 Å². The maximum absolute atomic E-state index is 13.8. The van der Waals surface area contributed by atoms with Crippen molar-refractivity contribution >= 4 is 26.2 Å². The molecule has 0 aliphatic heterocycles. The summed E-state index contributed by atoms with van der Waals surface area (Å²) in [7, 11) is -2.52. The lowest BCUT2D eigenvalue weighted by Gasteiger charge is -2.17. The second kappa shape index (κ2) is 10.2. The molecule has 1 unspecified atom stereocenters. The molecule has 33 heavy (non-hydrogen) atoms.